The molecule has 148 valence electrons. The van der Waals surface area contributed by atoms with E-state index in [0.717, 1.165) is 18.7 Å². The molecule has 0 atom stereocenters. The minimum atomic E-state index is -0.309. The Morgan fingerprint density at radius 3 is 2.38 bits per heavy atom. The van der Waals surface area contributed by atoms with E-state index in [1.165, 1.54) is 12.5 Å². The molecule has 2 N–H and O–H groups in total. The maximum Gasteiger partial charge on any atom is 0.274 e. The van der Waals surface area contributed by atoms with Gasteiger partial charge in [-0.15, -0.1) is 0 Å². The van der Waals surface area contributed by atoms with Crippen LogP contribution in [0.4, 0.5) is 17.1 Å². The van der Waals surface area contributed by atoms with Crippen LogP contribution in [0, 0.1) is 0 Å². The third kappa shape index (κ3) is 5.87. The zero-order valence-electron chi connectivity index (χ0n) is 16.4. The Kier molecular flexibility index (Phi) is 6.52. The van der Waals surface area contributed by atoms with Crippen LogP contribution in [0.15, 0.2) is 67.1 Å². The molecule has 1 aromatic carbocycles. The van der Waals surface area contributed by atoms with Crippen molar-refractivity contribution < 1.29 is 9.59 Å². The van der Waals surface area contributed by atoms with Crippen molar-refractivity contribution in [2.24, 2.45) is 0 Å². The summed E-state index contributed by atoms with van der Waals surface area (Å²) in [7, 11) is 1.99. The summed E-state index contributed by atoms with van der Waals surface area (Å²) in [5.41, 5.74) is 3.68. The molecule has 7 nitrogen and oxygen atoms in total. The zero-order valence-corrected chi connectivity index (χ0v) is 16.4. The Morgan fingerprint density at radius 1 is 1.00 bits per heavy atom. The summed E-state index contributed by atoms with van der Waals surface area (Å²) in [6.45, 7) is 2.26. The van der Waals surface area contributed by atoms with Crippen LogP contribution in [-0.2, 0) is 11.2 Å². The van der Waals surface area contributed by atoms with Gasteiger partial charge in [-0.2, -0.15) is 0 Å². The summed E-state index contributed by atoms with van der Waals surface area (Å²) in [4.78, 5) is 34.0. The van der Waals surface area contributed by atoms with Crippen molar-refractivity contribution in [3.8, 4) is 0 Å². The number of carbonyl (C=O) groups excluding carboxylic acids is 2. The van der Waals surface area contributed by atoms with E-state index in [1.54, 1.807) is 48.9 Å². The second kappa shape index (κ2) is 9.45. The van der Waals surface area contributed by atoms with Gasteiger partial charge in [0, 0.05) is 44.3 Å². The molecule has 2 aromatic heterocycles. The first-order valence-electron chi connectivity index (χ1n) is 9.26. The first-order valence-corrected chi connectivity index (χ1v) is 9.26. The minimum absolute atomic E-state index is 0.168. The van der Waals surface area contributed by atoms with E-state index >= 15 is 0 Å². The van der Waals surface area contributed by atoms with Crippen molar-refractivity contribution in [3.05, 3.63) is 78.4 Å². The lowest BCUT2D eigenvalue weighted by Gasteiger charge is -2.19. The Bertz CT molecular complexity index is 974. The van der Waals surface area contributed by atoms with Gasteiger partial charge in [-0.1, -0.05) is 6.07 Å². The fourth-order valence-electron chi connectivity index (χ4n) is 2.79. The number of carbonyl (C=O) groups is 2. The van der Waals surface area contributed by atoms with Crippen molar-refractivity contribution in [1.82, 2.24) is 9.97 Å². The number of nitrogens with one attached hydrogen (secondary N) is 2. The van der Waals surface area contributed by atoms with Gasteiger partial charge in [0.15, 0.2) is 0 Å². The molecule has 0 saturated heterocycles. The molecule has 0 spiro atoms. The normalized spacial score (nSPS) is 10.3. The van der Waals surface area contributed by atoms with Crippen LogP contribution in [0.3, 0.4) is 0 Å². The molecule has 0 radical (unpaired) electrons. The number of hydrogen-bond acceptors (Lipinski definition) is 5. The maximum absolute atomic E-state index is 12.5. The average molecular weight is 389 g/mol. The molecule has 0 unspecified atom stereocenters. The van der Waals surface area contributed by atoms with Crippen molar-refractivity contribution in [2.75, 3.05) is 29.1 Å². The zero-order chi connectivity index (χ0) is 20.6. The first kappa shape index (κ1) is 20.0. The smallest absolute Gasteiger partial charge is 0.274 e. The second-order valence-corrected chi connectivity index (χ2v) is 6.64. The van der Waals surface area contributed by atoms with Crippen molar-refractivity contribution in [1.29, 1.82) is 0 Å². The van der Waals surface area contributed by atoms with Gasteiger partial charge in [0.25, 0.3) is 5.91 Å². The minimum Gasteiger partial charge on any atom is -0.373 e. The molecular formula is C22H23N5O2. The lowest BCUT2D eigenvalue weighted by molar-refractivity contribution is -0.114. The van der Waals surface area contributed by atoms with Crippen LogP contribution in [0.25, 0.3) is 0 Å². The van der Waals surface area contributed by atoms with E-state index in [2.05, 4.69) is 25.5 Å². The molecule has 2 heterocycles. The van der Waals surface area contributed by atoms with E-state index in [4.69, 9.17) is 0 Å². The number of pyridine rings is 2. The molecule has 0 aliphatic rings. The summed E-state index contributed by atoms with van der Waals surface area (Å²) >= 11 is 0. The Morgan fingerprint density at radius 2 is 1.72 bits per heavy atom. The van der Waals surface area contributed by atoms with Gasteiger partial charge in [0.2, 0.25) is 5.91 Å². The molecule has 3 rings (SSSR count). The summed E-state index contributed by atoms with van der Waals surface area (Å²) in [5, 5.41) is 5.48. The largest absolute Gasteiger partial charge is 0.373 e. The third-order valence-corrected chi connectivity index (χ3v) is 4.35. The summed E-state index contributed by atoms with van der Waals surface area (Å²) < 4.78 is 0. The van der Waals surface area contributed by atoms with Gasteiger partial charge in [0.1, 0.15) is 5.69 Å². The molecule has 0 bridgehead atoms. The van der Waals surface area contributed by atoms with Crippen LogP contribution >= 0.6 is 0 Å². The predicted octanol–water partition coefficient (Wildman–Crippen LogP) is 3.37. The lowest BCUT2D eigenvalue weighted by Crippen LogP contribution is -2.21. The van der Waals surface area contributed by atoms with Crippen LogP contribution in [0.5, 0.6) is 0 Å². The number of amides is 2. The number of aromatic nitrogens is 2. The quantitative estimate of drug-likeness (QED) is 0.647. The molecule has 0 aliphatic heterocycles. The molecule has 0 fully saturated rings. The molecule has 7 heteroatoms. The molecule has 0 aliphatic carbocycles. The van der Waals surface area contributed by atoms with E-state index in [9.17, 15) is 9.59 Å². The van der Waals surface area contributed by atoms with Gasteiger partial charge >= 0.3 is 0 Å². The molecule has 2 amide bonds. The maximum atomic E-state index is 12.5. The third-order valence-electron chi connectivity index (χ3n) is 4.35. The van der Waals surface area contributed by atoms with Crippen molar-refractivity contribution in [2.45, 2.75) is 13.3 Å². The number of anilines is 3. The summed E-state index contributed by atoms with van der Waals surface area (Å²) in [5.74, 6) is -0.477. The van der Waals surface area contributed by atoms with E-state index in [0.29, 0.717) is 17.1 Å². The molecule has 3 aromatic rings. The van der Waals surface area contributed by atoms with E-state index in [-0.39, 0.29) is 11.8 Å². The molecular weight excluding hydrogens is 366 g/mol. The Balaban J connectivity index is 1.59. The highest BCUT2D eigenvalue weighted by Gasteiger charge is 2.10. The number of likely N-dealkylation sites (N-methyl/N-ethyl adjacent to an activating group) is 1. The van der Waals surface area contributed by atoms with E-state index in [1.807, 2.05) is 25.2 Å². The van der Waals surface area contributed by atoms with Crippen LogP contribution in [0.1, 0.15) is 23.0 Å². The number of benzene rings is 1. The monoisotopic (exact) mass is 389 g/mol. The Hall–Kier alpha value is -3.74. The number of nitrogens with zero attached hydrogens (tertiary/aromatic N) is 3. The van der Waals surface area contributed by atoms with Crippen molar-refractivity contribution in [3.63, 3.8) is 0 Å². The second-order valence-electron chi connectivity index (χ2n) is 6.64. The number of rotatable bonds is 7. The van der Waals surface area contributed by atoms with Gasteiger partial charge in [-0.3, -0.25) is 14.6 Å². The highest BCUT2D eigenvalue weighted by molar-refractivity contribution is 6.03. The average Bonchev–Trinajstić information content (AvgIpc) is 2.72. The fourth-order valence-corrected chi connectivity index (χ4v) is 2.79. The topological polar surface area (TPSA) is 87.2 Å². The van der Waals surface area contributed by atoms with Gasteiger partial charge in [-0.05, 0) is 54.4 Å². The standard InChI is InChI=1S/C22H23N5O2/c1-16(28)25-18-4-3-5-19(14-18)26-22(29)21-7-6-20(15-24-21)27(2)13-10-17-8-11-23-12-9-17/h3-9,11-12,14-15H,10,13H2,1-2H3,(H,25,28)(H,26,29). The predicted molar refractivity (Wildman–Crippen MR) is 114 cm³/mol. The SMILES string of the molecule is CC(=O)Nc1cccc(NC(=O)c2ccc(N(C)CCc3ccncc3)cn2)c1. The number of hydrogen-bond donors (Lipinski definition) is 2. The molecule has 29 heavy (non-hydrogen) atoms. The summed E-state index contributed by atoms with van der Waals surface area (Å²) in [6, 6.07) is 14.5. The fraction of sp³-hybridized carbons (Fsp3) is 0.182. The van der Waals surface area contributed by atoms with Gasteiger partial charge < -0.3 is 15.5 Å². The van der Waals surface area contributed by atoms with Gasteiger partial charge in [0.05, 0.1) is 11.9 Å². The summed E-state index contributed by atoms with van der Waals surface area (Å²) in [6.07, 6.45) is 6.16. The van der Waals surface area contributed by atoms with Crippen molar-refractivity contribution >= 4 is 28.9 Å². The highest BCUT2D eigenvalue weighted by Crippen LogP contribution is 2.17. The Labute approximate surface area is 169 Å². The van der Waals surface area contributed by atoms with Gasteiger partial charge in [-0.25, -0.2) is 4.98 Å². The van der Waals surface area contributed by atoms with Crippen LogP contribution in [0.2, 0.25) is 0 Å². The highest BCUT2D eigenvalue weighted by atomic mass is 16.2. The molecule has 0 saturated carbocycles. The van der Waals surface area contributed by atoms with Crippen LogP contribution in [-0.4, -0.2) is 35.4 Å². The lowest BCUT2D eigenvalue weighted by atomic mass is 10.2. The first-order chi connectivity index (χ1) is 14.0. The van der Waals surface area contributed by atoms with E-state index < -0.39 is 0 Å². The van der Waals surface area contributed by atoms with Crippen LogP contribution < -0.4 is 15.5 Å².